The van der Waals surface area contributed by atoms with Crippen LogP contribution < -0.4 is 4.74 Å². The van der Waals surface area contributed by atoms with Gasteiger partial charge in [0.25, 0.3) is 0 Å². The fourth-order valence-corrected chi connectivity index (χ4v) is 3.22. The molecular weight excluding hydrogens is 274 g/mol. The smallest absolute Gasteiger partial charge is 0.140 e. The van der Waals surface area contributed by atoms with Gasteiger partial charge in [-0.15, -0.1) is 0 Å². The lowest BCUT2D eigenvalue weighted by Crippen LogP contribution is -2.32. The van der Waals surface area contributed by atoms with Gasteiger partial charge in [0.1, 0.15) is 23.4 Å². The number of furan rings is 1. The number of rotatable bonds is 2. The molecule has 1 unspecified atom stereocenters. The lowest BCUT2D eigenvalue weighted by molar-refractivity contribution is 0.121. The number of hydrogen-bond donors (Lipinski definition) is 0. The van der Waals surface area contributed by atoms with E-state index in [9.17, 15) is 0 Å². The van der Waals surface area contributed by atoms with Crippen LogP contribution in [0.25, 0.3) is 10.8 Å². The van der Waals surface area contributed by atoms with E-state index < -0.39 is 0 Å². The second-order valence-electron chi connectivity index (χ2n) is 6.02. The molecule has 3 nitrogen and oxygen atoms in total. The highest BCUT2D eigenvalue weighted by Crippen LogP contribution is 2.35. The molecule has 1 aromatic heterocycles. The third-order valence-electron chi connectivity index (χ3n) is 4.22. The summed E-state index contributed by atoms with van der Waals surface area (Å²) in [6.07, 6.45) is 0.0111. The highest BCUT2D eigenvalue weighted by Gasteiger charge is 2.28. The fraction of sp³-hybridized carbons (Fsp3) is 0.263. The molecule has 22 heavy (non-hydrogen) atoms. The van der Waals surface area contributed by atoms with Gasteiger partial charge in [-0.1, -0.05) is 36.4 Å². The first-order chi connectivity index (χ1) is 10.7. The van der Waals surface area contributed by atoms with Crippen LogP contribution in [-0.2, 0) is 6.54 Å². The summed E-state index contributed by atoms with van der Waals surface area (Å²) in [5, 5.41) is 2.35. The van der Waals surface area contributed by atoms with Crippen LogP contribution in [-0.4, -0.2) is 18.5 Å². The van der Waals surface area contributed by atoms with Crippen LogP contribution in [0.5, 0.6) is 5.75 Å². The molecule has 0 radical (unpaired) electrons. The Balaban J connectivity index is 1.73. The van der Waals surface area contributed by atoms with Crippen LogP contribution in [0, 0.1) is 6.92 Å². The average molecular weight is 293 g/mol. The number of aryl methyl sites for hydroxylation is 1. The largest absolute Gasteiger partial charge is 0.484 e. The van der Waals surface area contributed by atoms with E-state index in [1.807, 2.05) is 19.1 Å². The minimum Gasteiger partial charge on any atom is -0.484 e. The summed E-state index contributed by atoms with van der Waals surface area (Å²) >= 11 is 0. The molecule has 0 N–H and O–H groups in total. The standard InChI is InChI=1S/C19H19NO2/c1-13-10-16-18(21-13)11-20(2)12-19(16)22-17-9-5-7-14-6-3-4-8-15(14)17/h3-10,19H,11-12H2,1-2H3. The Morgan fingerprint density at radius 3 is 2.86 bits per heavy atom. The number of benzene rings is 2. The summed E-state index contributed by atoms with van der Waals surface area (Å²) in [5.74, 6) is 2.91. The number of hydrogen-bond acceptors (Lipinski definition) is 3. The van der Waals surface area contributed by atoms with E-state index in [-0.39, 0.29) is 6.10 Å². The molecule has 2 aromatic carbocycles. The van der Waals surface area contributed by atoms with E-state index in [0.29, 0.717) is 0 Å². The third kappa shape index (κ3) is 2.28. The van der Waals surface area contributed by atoms with Crippen molar-refractivity contribution >= 4 is 10.8 Å². The second kappa shape index (κ2) is 5.18. The van der Waals surface area contributed by atoms with Crippen molar-refractivity contribution in [2.45, 2.75) is 19.6 Å². The molecule has 2 heterocycles. The molecule has 1 aliphatic heterocycles. The first-order valence-electron chi connectivity index (χ1n) is 7.63. The van der Waals surface area contributed by atoms with E-state index >= 15 is 0 Å². The van der Waals surface area contributed by atoms with Crippen LogP contribution in [0.1, 0.15) is 23.2 Å². The Bertz CT molecular complexity index is 816. The molecule has 1 aliphatic rings. The third-order valence-corrected chi connectivity index (χ3v) is 4.22. The molecule has 0 amide bonds. The van der Waals surface area contributed by atoms with Crippen molar-refractivity contribution in [2.75, 3.05) is 13.6 Å². The number of likely N-dealkylation sites (N-methyl/N-ethyl adjacent to an activating group) is 1. The van der Waals surface area contributed by atoms with Crippen LogP contribution in [0.3, 0.4) is 0 Å². The summed E-state index contributed by atoms with van der Waals surface area (Å²) in [6, 6.07) is 16.6. The van der Waals surface area contributed by atoms with Gasteiger partial charge in [0.15, 0.2) is 0 Å². The van der Waals surface area contributed by atoms with Crippen LogP contribution in [0.2, 0.25) is 0 Å². The predicted molar refractivity (Wildman–Crippen MR) is 87.1 cm³/mol. The number of fused-ring (bicyclic) bond motifs is 2. The molecule has 0 spiro atoms. The lowest BCUT2D eigenvalue weighted by atomic mass is 10.0. The van der Waals surface area contributed by atoms with Gasteiger partial charge in [0.2, 0.25) is 0 Å². The minimum atomic E-state index is 0.0111. The second-order valence-corrected chi connectivity index (χ2v) is 6.02. The van der Waals surface area contributed by atoms with E-state index in [2.05, 4.69) is 48.3 Å². The SMILES string of the molecule is Cc1cc2c(o1)CN(C)CC2Oc1cccc2ccccc12. The Morgan fingerprint density at radius 1 is 1.14 bits per heavy atom. The normalized spacial score (nSPS) is 18.4. The van der Waals surface area contributed by atoms with Gasteiger partial charge >= 0.3 is 0 Å². The van der Waals surface area contributed by atoms with E-state index in [0.717, 1.165) is 35.7 Å². The highest BCUT2D eigenvalue weighted by molar-refractivity contribution is 5.88. The first-order valence-corrected chi connectivity index (χ1v) is 7.63. The zero-order chi connectivity index (χ0) is 15.1. The van der Waals surface area contributed by atoms with Gasteiger partial charge in [0.05, 0.1) is 6.54 Å². The van der Waals surface area contributed by atoms with Crippen molar-refractivity contribution < 1.29 is 9.15 Å². The first kappa shape index (κ1) is 13.4. The molecule has 1 atom stereocenters. The summed E-state index contributed by atoms with van der Waals surface area (Å²) in [7, 11) is 2.10. The molecule has 112 valence electrons. The lowest BCUT2D eigenvalue weighted by Gasteiger charge is -2.29. The fourth-order valence-electron chi connectivity index (χ4n) is 3.22. The van der Waals surface area contributed by atoms with Crippen molar-refractivity contribution in [1.29, 1.82) is 0 Å². The molecular formula is C19H19NO2. The number of nitrogens with zero attached hydrogens (tertiary/aromatic N) is 1. The quantitative estimate of drug-likeness (QED) is 0.704. The molecule has 0 saturated heterocycles. The highest BCUT2D eigenvalue weighted by atomic mass is 16.5. The van der Waals surface area contributed by atoms with Gasteiger partial charge in [0, 0.05) is 17.5 Å². The topological polar surface area (TPSA) is 25.6 Å². The van der Waals surface area contributed by atoms with Gasteiger partial charge in [-0.05, 0) is 31.5 Å². The maximum atomic E-state index is 6.38. The summed E-state index contributed by atoms with van der Waals surface area (Å²) in [5.41, 5.74) is 1.18. The van der Waals surface area contributed by atoms with E-state index in [1.165, 1.54) is 10.9 Å². The molecule has 3 heteroatoms. The van der Waals surface area contributed by atoms with E-state index in [1.54, 1.807) is 0 Å². The van der Waals surface area contributed by atoms with Crippen molar-refractivity contribution in [3.05, 3.63) is 65.6 Å². The zero-order valence-corrected chi connectivity index (χ0v) is 12.9. The van der Waals surface area contributed by atoms with Crippen molar-refractivity contribution in [1.82, 2.24) is 4.90 Å². The molecule has 3 aromatic rings. The predicted octanol–water partition coefficient (Wildman–Crippen LogP) is 4.31. The number of ether oxygens (including phenoxy) is 1. The van der Waals surface area contributed by atoms with Crippen LogP contribution in [0.15, 0.2) is 52.9 Å². The Kier molecular flexibility index (Phi) is 3.16. The maximum Gasteiger partial charge on any atom is 0.140 e. The van der Waals surface area contributed by atoms with Crippen molar-refractivity contribution in [3.8, 4) is 5.75 Å². The maximum absolute atomic E-state index is 6.38. The minimum absolute atomic E-state index is 0.0111. The summed E-state index contributed by atoms with van der Waals surface area (Å²) in [6.45, 7) is 3.71. The van der Waals surface area contributed by atoms with Crippen LogP contribution in [0.4, 0.5) is 0 Å². The van der Waals surface area contributed by atoms with Crippen molar-refractivity contribution in [3.63, 3.8) is 0 Å². The molecule has 0 fully saturated rings. The van der Waals surface area contributed by atoms with Crippen LogP contribution >= 0.6 is 0 Å². The molecule has 4 rings (SSSR count). The van der Waals surface area contributed by atoms with Gasteiger partial charge < -0.3 is 9.15 Å². The molecule has 0 saturated carbocycles. The zero-order valence-electron chi connectivity index (χ0n) is 12.9. The van der Waals surface area contributed by atoms with Crippen molar-refractivity contribution in [2.24, 2.45) is 0 Å². The van der Waals surface area contributed by atoms with E-state index in [4.69, 9.17) is 9.15 Å². The Morgan fingerprint density at radius 2 is 1.95 bits per heavy atom. The molecule has 0 aliphatic carbocycles. The Labute approximate surface area is 130 Å². The summed E-state index contributed by atoms with van der Waals surface area (Å²) in [4.78, 5) is 2.24. The molecule has 0 bridgehead atoms. The van der Waals surface area contributed by atoms with Gasteiger partial charge in [-0.25, -0.2) is 0 Å². The van der Waals surface area contributed by atoms with Gasteiger partial charge in [-0.2, -0.15) is 0 Å². The summed E-state index contributed by atoms with van der Waals surface area (Å²) < 4.78 is 12.2. The van der Waals surface area contributed by atoms with Gasteiger partial charge in [-0.3, -0.25) is 4.90 Å². The Hall–Kier alpha value is -2.26. The average Bonchev–Trinajstić information content (AvgIpc) is 2.88. The monoisotopic (exact) mass is 293 g/mol.